The molecule has 2 aromatic carbocycles. The van der Waals surface area contributed by atoms with E-state index < -0.39 is 10.0 Å². The van der Waals surface area contributed by atoms with E-state index in [1.165, 1.54) is 12.1 Å². The van der Waals surface area contributed by atoms with Gasteiger partial charge in [0, 0.05) is 24.3 Å². The summed E-state index contributed by atoms with van der Waals surface area (Å²) >= 11 is 0. The maximum atomic E-state index is 12.8. The van der Waals surface area contributed by atoms with Crippen molar-refractivity contribution in [3.8, 4) is 5.75 Å². The Morgan fingerprint density at radius 2 is 1.52 bits per heavy atom. The maximum absolute atomic E-state index is 12.8. The Kier molecular flexibility index (Phi) is 6.13. The first-order chi connectivity index (χ1) is 13.0. The van der Waals surface area contributed by atoms with Crippen molar-refractivity contribution < 1.29 is 17.9 Å². The SMILES string of the molecule is COc1ccc(NC(=O)c2ccc(S(=O)(=O)N3CCCCCC3)cc2)cc1. The van der Waals surface area contributed by atoms with Crippen LogP contribution in [0.25, 0.3) is 0 Å². The molecule has 6 nitrogen and oxygen atoms in total. The summed E-state index contributed by atoms with van der Waals surface area (Å²) in [6.07, 6.45) is 3.91. The molecule has 0 radical (unpaired) electrons. The van der Waals surface area contributed by atoms with Crippen molar-refractivity contribution >= 4 is 21.6 Å². The second-order valence-electron chi connectivity index (χ2n) is 6.53. The monoisotopic (exact) mass is 388 g/mol. The predicted octanol–water partition coefficient (Wildman–Crippen LogP) is 3.51. The van der Waals surface area contributed by atoms with Crippen molar-refractivity contribution in [2.45, 2.75) is 30.6 Å². The minimum Gasteiger partial charge on any atom is -0.497 e. The number of benzene rings is 2. The number of nitrogens with zero attached hydrogens (tertiary/aromatic N) is 1. The van der Waals surface area contributed by atoms with Crippen molar-refractivity contribution in [2.75, 3.05) is 25.5 Å². The van der Waals surface area contributed by atoms with Crippen LogP contribution in [0.1, 0.15) is 36.0 Å². The highest BCUT2D eigenvalue weighted by Crippen LogP contribution is 2.21. The summed E-state index contributed by atoms with van der Waals surface area (Å²) in [5.74, 6) is 0.412. The molecular weight excluding hydrogens is 364 g/mol. The lowest BCUT2D eigenvalue weighted by Crippen LogP contribution is -2.31. The second-order valence-corrected chi connectivity index (χ2v) is 8.46. The van der Waals surface area contributed by atoms with Gasteiger partial charge in [-0.05, 0) is 61.4 Å². The molecule has 144 valence electrons. The molecule has 0 unspecified atom stereocenters. The molecule has 1 N–H and O–H groups in total. The van der Waals surface area contributed by atoms with Gasteiger partial charge in [-0.15, -0.1) is 0 Å². The van der Waals surface area contributed by atoms with E-state index in [4.69, 9.17) is 4.74 Å². The topological polar surface area (TPSA) is 75.7 Å². The van der Waals surface area contributed by atoms with E-state index in [0.29, 0.717) is 30.1 Å². The van der Waals surface area contributed by atoms with Crippen LogP contribution < -0.4 is 10.1 Å². The van der Waals surface area contributed by atoms with Crippen LogP contribution >= 0.6 is 0 Å². The summed E-state index contributed by atoms with van der Waals surface area (Å²) < 4.78 is 32.2. The third kappa shape index (κ3) is 4.67. The Morgan fingerprint density at radius 3 is 2.07 bits per heavy atom. The van der Waals surface area contributed by atoms with Gasteiger partial charge >= 0.3 is 0 Å². The number of hydrogen-bond donors (Lipinski definition) is 1. The van der Waals surface area contributed by atoms with E-state index >= 15 is 0 Å². The number of nitrogens with one attached hydrogen (secondary N) is 1. The Bertz CT molecular complexity index is 869. The van der Waals surface area contributed by atoms with Gasteiger partial charge in [0.2, 0.25) is 10.0 Å². The van der Waals surface area contributed by atoms with Gasteiger partial charge in [0.1, 0.15) is 5.75 Å². The smallest absolute Gasteiger partial charge is 0.255 e. The molecule has 1 fully saturated rings. The molecule has 1 aliphatic rings. The zero-order valence-corrected chi connectivity index (χ0v) is 16.2. The van der Waals surface area contributed by atoms with Gasteiger partial charge in [-0.2, -0.15) is 4.31 Å². The first-order valence-corrected chi connectivity index (χ1v) is 10.5. The highest BCUT2D eigenvalue weighted by molar-refractivity contribution is 7.89. The fourth-order valence-corrected chi connectivity index (χ4v) is 4.60. The van der Waals surface area contributed by atoms with Gasteiger partial charge in [0.25, 0.3) is 5.91 Å². The number of amides is 1. The Morgan fingerprint density at radius 1 is 0.926 bits per heavy atom. The molecule has 2 aromatic rings. The van der Waals surface area contributed by atoms with Crippen LogP contribution in [-0.4, -0.2) is 38.8 Å². The molecule has 0 aliphatic carbocycles. The lowest BCUT2D eigenvalue weighted by atomic mass is 10.2. The van der Waals surface area contributed by atoms with Crippen molar-refractivity contribution in [3.05, 3.63) is 54.1 Å². The molecular formula is C20H24N2O4S. The molecule has 0 aromatic heterocycles. The van der Waals surface area contributed by atoms with E-state index in [1.54, 1.807) is 47.8 Å². The first-order valence-electron chi connectivity index (χ1n) is 9.06. The molecule has 0 spiro atoms. The van der Waals surface area contributed by atoms with Gasteiger partial charge in [0.05, 0.1) is 12.0 Å². The number of carbonyl (C=O) groups excluding carboxylic acids is 1. The number of carbonyl (C=O) groups is 1. The molecule has 1 aliphatic heterocycles. The highest BCUT2D eigenvalue weighted by Gasteiger charge is 2.25. The Hall–Kier alpha value is -2.38. The quantitative estimate of drug-likeness (QED) is 0.850. The van der Waals surface area contributed by atoms with Crippen LogP contribution in [0.5, 0.6) is 5.75 Å². The third-order valence-corrected chi connectivity index (χ3v) is 6.58. The number of ether oxygens (including phenoxy) is 1. The minimum absolute atomic E-state index is 0.227. The molecule has 1 saturated heterocycles. The molecule has 7 heteroatoms. The molecule has 1 amide bonds. The largest absolute Gasteiger partial charge is 0.497 e. The summed E-state index contributed by atoms with van der Waals surface area (Å²) in [4.78, 5) is 12.6. The molecule has 27 heavy (non-hydrogen) atoms. The zero-order chi connectivity index (χ0) is 19.3. The van der Waals surface area contributed by atoms with Crippen molar-refractivity contribution in [2.24, 2.45) is 0 Å². The molecule has 0 bridgehead atoms. The highest BCUT2D eigenvalue weighted by atomic mass is 32.2. The Balaban J connectivity index is 1.70. The van der Waals surface area contributed by atoms with E-state index in [9.17, 15) is 13.2 Å². The fraction of sp³-hybridized carbons (Fsp3) is 0.350. The van der Waals surface area contributed by atoms with E-state index in [-0.39, 0.29) is 10.8 Å². The molecule has 1 heterocycles. The van der Waals surface area contributed by atoms with Gasteiger partial charge in [0.15, 0.2) is 0 Å². The van der Waals surface area contributed by atoms with Crippen molar-refractivity contribution in [1.29, 1.82) is 0 Å². The maximum Gasteiger partial charge on any atom is 0.255 e. The standard InChI is InChI=1S/C20H24N2O4S/c1-26-18-10-8-17(9-11-18)21-20(23)16-6-12-19(13-7-16)27(24,25)22-14-4-2-3-5-15-22/h6-13H,2-5,14-15H2,1H3,(H,21,23). The Labute approximate surface area is 160 Å². The van der Waals surface area contributed by atoms with Crippen molar-refractivity contribution in [3.63, 3.8) is 0 Å². The minimum atomic E-state index is -3.51. The van der Waals surface area contributed by atoms with Gasteiger partial charge in [-0.3, -0.25) is 4.79 Å². The lowest BCUT2D eigenvalue weighted by molar-refractivity contribution is 0.102. The molecule has 3 rings (SSSR count). The third-order valence-electron chi connectivity index (χ3n) is 4.67. The summed E-state index contributed by atoms with van der Waals surface area (Å²) in [7, 11) is -1.93. The summed E-state index contributed by atoms with van der Waals surface area (Å²) in [6.45, 7) is 1.12. The van der Waals surface area contributed by atoms with Crippen LogP contribution in [0.15, 0.2) is 53.4 Å². The average Bonchev–Trinajstić information content (AvgIpc) is 2.99. The number of methoxy groups -OCH3 is 1. The first kappa shape index (κ1) is 19.4. The van der Waals surface area contributed by atoms with Gasteiger partial charge in [-0.25, -0.2) is 8.42 Å². The predicted molar refractivity (Wildman–Crippen MR) is 105 cm³/mol. The zero-order valence-electron chi connectivity index (χ0n) is 15.3. The lowest BCUT2D eigenvalue weighted by Gasteiger charge is -2.20. The van der Waals surface area contributed by atoms with Gasteiger partial charge < -0.3 is 10.1 Å². The summed E-state index contributed by atoms with van der Waals surface area (Å²) in [6, 6.07) is 13.1. The van der Waals surface area contributed by atoms with Crippen LogP contribution in [0.4, 0.5) is 5.69 Å². The number of hydrogen-bond acceptors (Lipinski definition) is 4. The van der Waals surface area contributed by atoms with E-state index in [1.807, 2.05) is 0 Å². The number of rotatable bonds is 5. The molecule has 0 saturated carbocycles. The molecule has 0 atom stereocenters. The fourth-order valence-electron chi connectivity index (χ4n) is 3.09. The van der Waals surface area contributed by atoms with Gasteiger partial charge in [-0.1, -0.05) is 12.8 Å². The number of sulfonamides is 1. The summed E-state index contributed by atoms with van der Waals surface area (Å²) in [5.41, 5.74) is 1.04. The second kappa shape index (κ2) is 8.54. The van der Waals surface area contributed by atoms with E-state index in [2.05, 4.69) is 5.32 Å². The van der Waals surface area contributed by atoms with Crippen LogP contribution in [0.2, 0.25) is 0 Å². The van der Waals surface area contributed by atoms with Crippen molar-refractivity contribution in [1.82, 2.24) is 4.31 Å². The summed E-state index contributed by atoms with van der Waals surface area (Å²) in [5, 5.41) is 2.78. The van der Waals surface area contributed by atoms with Crippen LogP contribution in [0, 0.1) is 0 Å². The number of anilines is 1. The average molecular weight is 388 g/mol. The van der Waals surface area contributed by atoms with E-state index in [0.717, 1.165) is 25.7 Å². The van der Waals surface area contributed by atoms with Crippen LogP contribution in [0.3, 0.4) is 0 Å². The normalized spacial score (nSPS) is 15.7. The van der Waals surface area contributed by atoms with Crippen LogP contribution in [-0.2, 0) is 10.0 Å².